The van der Waals surface area contributed by atoms with Crippen molar-refractivity contribution >= 4 is 5.97 Å². The second kappa shape index (κ2) is 3.80. The van der Waals surface area contributed by atoms with E-state index in [0.717, 1.165) is 17.6 Å². The Kier molecular flexibility index (Phi) is 2.55. The van der Waals surface area contributed by atoms with Crippen LogP contribution in [0.2, 0.25) is 0 Å². The van der Waals surface area contributed by atoms with E-state index < -0.39 is 5.79 Å². The molecule has 2 aliphatic carbocycles. The third-order valence-corrected chi connectivity index (χ3v) is 7.42. The van der Waals surface area contributed by atoms with E-state index in [1.807, 2.05) is 0 Å². The fraction of sp³-hybridized carbons (Fsp3) is 0.842. The molecule has 0 aromatic rings. The van der Waals surface area contributed by atoms with Crippen molar-refractivity contribution in [1.29, 1.82) is 0 Å². The van der Waals surface area contributed by atoms with Crippen molar-refractivity contribution in [2.45, 2.75) is 78.6 Å². The van der Waals surface area contributed by atoms with Gasteiger partial charge in [-0.3, -0.25) is 0 Å². The molecule has 0 N–H and O–H groups in total. The Morgan fingerprint density at radius 2 is 1.82 bits per heavy atom. The van der Waals surface area contributed by atoms with Gasteiger partial charge in [0.25, 0.3) is 5.79 Å². The highest BCUT2D eigenvalue weighted by Gasteiger charge is 2.85. The molecule has 1 saturated heterocycles. The van der Waals surface area contributed by atoms with Gasteiger partial charge in [0.05, 0.1) is 0 Å². The van der Waals surface area contributed by atoms with Crippen LogP contribution < -0.4 is 0 Å². The van der Waals surface area contributed by atoms with E-state index in [9.17, 15) is 4.79 Å². The molecule has 0 unspecified atom stereocenters. The van der Waals surface area contributed by atoms with Crippen molar-refractivity contribution in [3.63, 3.8) is 0 Å². The van der Waals surface area contributed by atoms with Crippen molar-refractivity contribution < 1.29 is 14.3 Å². The van der Waals surface area contributed by atoms with Gasteiger partial charge in [-0.05, 0) is 43.4 Å². The normalized spacial score (nSPS) is 48.7. The summed E-state index contributed by atoms with van der Waals surface area (Å²) in [4.78, 5) is 12.5. The average Bonchev–Trinajstić information content (AvgIpc) is 2.88. The van der Waals surface area contributed by atoms with E-state index >= 15 is 0 Å². The number of esters is 1. The lowest BCUT2D eigenvalue weighted by Gasteiger charge is -2.55. The number of fused-ring (bicyclic) bond motifs is 2. The molecule has 0 aromatic carbocycles. The summed E-state index contributed by atoms with van der Waals surface area (Å²) in [6.07, 6.45) is 4.62. The molecule has 3 heteroatoms. The minimum Gasteiger partial charge on any atom is -0.422 e. The molecule has 3 nitrogen and oxygen atoms in total. The molecule has 0 amide bonds. The van der Waals surface area contributed by atoms with E-state index in [1.54, 1.807) is 0 Å². The van der Waals surface area contributed by atoms with Crippen LogP contribution in [0, 0.1) is 22.7 Å². The van der Waals surface area contributed by atoms with Crippen molar-refractivity contribution in [2.75, 3.05) is 0 Å². The van der Waals surface area contributed by atoms with Gasteiger partial charge in [0.2, 0.25) is 0 Å². The molecule has 4 aliphatic rings. The number of epoxide rings is 1. The highest BCUT2D eigenvalue weighted by Crippen LogP contribution is 2.76. The van der Waals surface area contributed by atoms with E-state index in [0.29, 0.717) is 5.92 Å². The van der Waals surface area contributed by atoms with Gasteiger partial charge in [0, 0.05) is 16.6 Å². The zero-order chi connectivity index (χ0) is 16.1. The fourth-order valence-corrected chi connectivity index (χ4v) is 6.00. The molecule has 22 heavy (non-hydrogen) atoms. The summed E-state index contributed by atoms with van der Waals surface area (Å²) in [5.41, 5.74) is 2.07. The number of hydrogen-bond acceptors (Lipinski definition) is 3. The summed E-state index contributed by atoms with van der Waals surface area (Å²) in [6.45, 7) is 13.5. The number of carbonyl (C=O) groups excluding carboxylic acids is 1. The molecular weight excluding hydrogens is 276 g/mol. The van der Waals surface area contributed by atoms with Gasteiger partial charge in [-0.15, -0.1) is 0 Å². The van der Waals surface area contributed by atoms with Gasteiger partial charge in [-0.25, -0.2) is 4.79 Å². The van der Waals surface area contributed by atoms with Crippen LogP contribution in [0.15, 0.2) is 11.1 Å². The molecule has 122 valence electrons. The summed E-state index contributed by atoms with van der Waals surface area (Å²) < 4.78 is 12.1. The van der Waals surface area contributed by atoms with E-state index in [2.05, 4.69) is 41.5 Å². The van der Waals surface area contributed by atoms with Crippen LogP contribution in [-0.4, -0.2) is 17.4 Å². The number of carbonyl (C=O) groups is 1. The fourth-order valence-electron chi connectivity index (χ4n) is 6.00. The monoisotopic (exact) mass is 304 g/mol. The Hall–Kier alpha value is -0.830. The molecule has 3 fully saturated rings. The van der Waals surface area contributed by atoms with Gasteiger partial charge >= 0.3 is 5.97 Å². The molecule has 4 atom stereocenters. The molecule has 4 rings (SSSR count). The first-order chi connectivity index (χ1) is 10.1. The summed E-state index contributed by atoms with van der Waals surface area (Å²) in [7, 11) is 0. The van der Waals surface area contributed by atoms with Gasteiger partial charge in [0.15, 0.2) is 0 Å². The minimum absolute atomic E-state index is 0.0883. The molecule has 1 spiro atoms. The maximum atomic E-state index is 12.5. The number of rotatable bonds is 1. The molecule has 2 saturated carbocycles. The molecule has 2 heterocycles. The van der Waals surface area contributed by atoms with Crippen LogP contribution in [0.4, 0.5) is 0 Å². The number of ether oxygens (including phenoxy) is 2. The lowest BCUT2D eigenvalue weighted by Crippen LogP contribution is -2.56. The van der Waals surface area contributed by atoms with Crippen molar-refractivity contribution in [2.24, 2.45) is 22.7 Å². The Labute approximate surface area is 133 Å². The SMILES string of the molecule is CC(C)C1=C2C[C@H]3C(C)(C)CCC[C@]3(C)[C@]3(C)O[C@]23OC1=O. The second-order valence-corrected chi connectivity index (χ2v) is 9.20. The summed E-state index contributed by atoms with van der Waals surface area (Å²) in [5, 5.41) is 0. The zero-order valence-electron chi connectivity index (χ0n) is 14.7. The summed E-state index contributed by atoms with van der Waals surface area (Å²) in [5.74, 6) is -0.129. The lowest BCUT2D eigenvalue weighted by molar-refractivity contribution is -0.148. The van der Waals surface area contributed by atoms with E-state index in [1.165, 1.54) is 19.3 Å². The average molecular weight is 304 g/mol. The summed E-state index contributed by atoms with van der Waals surface area (Å²) in [6, 6.07) is 0. The molecular formula is C19H28O3. The van der Waals surface area contributed by atoms with Crippen molar-refractivity contribution in [1.82, 2.24) is 0 Å². The van der Waals surface area contributed by atoms with Crippen LogP contribution in [-0.2, 0) is 14.3 Å². The highest BCUT2D eigenvalue weighted by molar-refractivity contribution is 5.94. The minimum atomic E-state index is -0.734. The van der Waals surface area contributed by atoms with Crippen molar-refractivity contribution in [3.05, 3.63) is 11.1 Å². The number of hydrogen-bond donors (Lipinski definition) is 0. The summed E-state index contributed by atoms with van der Waals surface area (Å²) >= 11 is 0. The Balaban J connectivity index is 1.89. The van der Waals surface area contributed by atoms with Gasteiger partial charge in [0.1, 0.15) is 5.60 Å². The smallest absolute Gasteiger partial charge is 0.337 e. The van der Waals surface area contributed by atoms with Crippen molar-refractivity contribution in [3.8, 4) is 0 Å². The molecule has 0 radical (unpaired) electrons. The van der Waals surface area contributed by atoms with Crippen LogP contribution in [0.5, 0.6) is 0 Å². The Bertz CT molecular complexity index is 602. The van der Waals surface area contributed by atoms with Crippen LogP contribution >= 0.6 is 0 Å². The molecule has 0 aromatic heterocycles. The first kappa shape index (κ1) is 14.7. The van der Waals surface area contributed by atoms with Gasteiger partial charge < -0.3 is 9.47 Å². The lowest BCUT2D eigenvalue weighted by atomic mass is 9.47. The Morgan fingerprint density at radius 1 is 1.14 bits per heavy atom. The predicted octanol–water partition coefficient (Wildman–Crippen LogP) is 4.22. The zero-order valence-corrected chi connectivity index (χ0v) is 14.7. The first-order valence-electron chi connectivity index (χ1n) is 8.76. The largest absolute Gasteiger partial charge is 0.422 e. The maximum Gasteiger partial charge on any atom is 0.337 e. The third-order valence-electron chi connectivity index (χ3n) is 7.42. The highest BCUT2D eigenvalue weighted by atomic mass is 16.8. The van der Waals surface area contributed by atoms with Crippen LogP contribution in [0.25, 0.3) is 0 Å². The molecule has 0 bridgehead atoms. The van der Waals surface area contributed by atoms with Gasteiger partial charge in [-0.1, -0.05) is 41.0 Å². The standard InChI is InChI=1S/C19H28O3/c1-11(2)14-12-10-13-16(3,4)8-7-9-17(13,5)18(6)19(12,22-18)21-15(14)20/h11,13H,7-10H2,1-6H3/t13-,17-,18-,19+/m0/s1. The van der Waals surface area contributed by atoms with E-state index in [-0.39, 0.29) is 28.3 Å². The molecule has 2 aliphatic heterocycles. The van der Waals surface area contributed by atoms with Crippen LogP contribution in [0.3, 0.4) is 0 Å². The quantitative estimate of drug-likeness (QED) is 0.538. The Morgan fingerprint density at radius 3 is 2.45 bits per heavy atom. The second-order valence-electron chi connectivity index (χ2n) is 9.20. The topological polar surface area (TPSA) is 38.8 Å². The predicted molar refractivity (Wildman–Crippen MR) is 84.0 cm³/mol. The third kappa shape index (κ3) is 1.36. The van der Waals surface area contributed by atoms with Gasteiger partial charge in [-0.2, -0.15) is 0 Å². The van der Waals surface area contributed by atoms with E-state index in [4.69, 9.17) is 9.47 Å². The first-order valence-corrected chi connectivity index (χ1v) is 8.76. The van der Waals surface area contributed by atoms with Crippen LogP contribution in [0.1, 0.15) is 67.2 Å². The maximum absolute atomic E-state index is 12.5.